The first-order valence-electron chi connectivity index (χ1n) is 2.06. The molecule has 0 atom stereocenters. The van der Waals surface area contributed by atoms with Crippen LogP contribution in [-0.4, -0.2) is 14.8 Å². The van der Waals surface area contributed by atoms with Crippen LogP contribution >= 0.6 is 43.5 Å². The van der Waals surface area contributed by atoms with Crippen LogP contribution in [0.15, 0.2) is 9.47 Å². The Bertz CT molecular complexity index is 211. The molecule has 50 valence electrons. The Morgan fingerprint density at radius 3 is 2.44 bits per heavy atom. The predicted octanol–water partition coefficient (Wildman–Crippen LogP) is 2.00. The molecule has 9 heavy (non-hydrogen) atoms. The molecule has 0 saturated carbocycles. The van der Waals surface area contributed by atoms with Crippen molar-refractivity contribution in [2.45, 2.75) is 6.00 Å². The summed E-state index contributed by atoms with van der Waals surface area (Å²) in [5, 5.41) is 3.87. The van der Waals surface area contributed by atoms with Crippen molar-refractivity contribution in [3.05, 3.63) is 9.47 Å². The Hall–Kier alpha value is 0.390. The molecule has 6 heteroatoms. The smallest absolute Gasteiger partial charge is 0.218 e. The van der Waals surface area contributed by atoms with Crippen LogP contribution in [0.25, 0.3) is 0 Å². The predicted molar refractivity (Wildman–Crippen MR) is 41.3 cm³/mol. The van der Waals surface area contributed by atoms with Crippen molar-refractivity contribution < 1.29 is 0 Å². The van der Waals surface area contributed by atoms with Crippen LogP contribution in [-0.2, 0) is 6.00 Å². The highest BCUT2D eigenvalue weighted by Gasteiger charge is 2.01. The normalized spacial score (nSPS) is 10.1. The topological polar surface area (TPSA) is 30.7 Å². The van der Waals surface area contributed by atoms with Crippen molar-refractivity contribution in [2.75, 3.05) is 0 Å². The van der Waals surface area contributed by atoms with Gasteiger partial charge in [-0.25, -0.2) is 4.68 Å². The maximum absolute atomic E-state index is 5.46. The van der Waals surface area contributed by atoms with Crippen LogP contribution in [0.5, 0.6) is 0 Å². The zero-order valence-corrected chi connectivity index (χ0v) is 8.11. The third-order valence-corrected chi connectivity index (χ3v) is 1.86. The number of hydrogen-bond acceptors (Lipinski definition) is 2. The second-order valence-electron chi connectivity index (χ2n) is 1.27. The van der Waals surface area contributed by atoms with Gasteiger partial charge in [-0.15, -0.1) is 16.7 Å². The Morgan fingerprint density at radius 1 is 1.56 bits per heavy atom. The first-order valence-corrected chi connectivity index (χ1v) is 4.18. The van der Waals surface area contributed by atoms with Gasteiger partial charge in [-0.2, -0.15) is 4.98 Å². The number of aromatic nitrogens is 3. The van der Waals surface area contributed by atoms with Crippen LogP contribution in [0.2, 0.25) is 0 Å². The SMILES string of the molecule is ClCn1nc(Br)nc1Br. The Morgan fingerprint density at radius 2 is 2.22 bits per heavy atom. The van der Waals surface area contributed by atoms with E-state index in [1.54, 1.807) is 0 Å². The lowest BCUT2D eigenvalue weighted by atomic mass is 11.2. The highest BCUT2D eigenvalue weighted by molar-refractivity contribution is 9.11. The molecule has 1 rings (SSSR count). The van der Waals surface area contributed by atoms with E-state index in [9.17, 15) is 0 Å². The second kappa shape index (κ2) is 2.98. The van der Waals surface area contributed by atoms with E-state index in [1.807, 2.05) is 0 Å². The summed E-state index contributed by atoms with van der Waals surface area (Å²) in [5.41, 5.74) is 0. The Kier molecular flexibility index (Phi) is 2.49. The molecule has 1 aromatic heterocycles. The van der Waals surface area contributed by atoms with Gasteiger partial charge in [0.15, 0.2) is 4.73 Å². The largest absolute Gasteiger partial charge is 0.224 e. The lowest BCUT2D eigenvalue weighted by Gasteiger charge is -1.89. The fourth-order valence-electron chi connectivity index (χ4n) is 0.373. The van der Waals surface area contributed by atoms with Crippen LogP contribution < -0.4 is 0 Å². The molecular weight excluding hydrogens is 273 g/mol. The van der Waals surface area contributed by atoms with Crippen molar-refractivity contribution in [3.63, 3.8) is 0 Å². The third-order valence-electron chi connectivity index (χ3n) is 0.714. The second-order valence-corrected chi connectivity index (χ2v) is 2.93. The van der Waals surface area contributed by atoms with E-state index in [2.05, 4.69) is 41.9 Å². The van der Waals surface area contributed by atoms with E-state index in [4.69, 9.17) is 11.6 Å². The van der Waals surface area contributed by atoms with Crippen LogP contribution in [0, 0.1) is 0 Å². The minimum Gasteiger partial charge on any atom is -0.224 e. The zero-order valence-electron chi connectivity index (χ0n) is 4.18. The van der Waals surface area contributed by atoms with E-state index in [1.165, 1.54) is 4.68 Å². The molecule has 0 unspecified atom stereocenters. The zero-order chi connectivity index (χ0) is 6.85. The van der Waals surface area contributed by atoms with Gasteiger partial charge in [0.1, 0.15) is 6.00 Å². The fraction of sp³-hybridized carbons (Fsp3) is 0.333. The number of hydrogen-bond donors (Lipinski definition) is 0. The first-order chi connectivity index (χ1) is 4.24. The molecule has 0 aromatic carbocycles. The monoisotopic (exact) mass is 273 g/mol. The molecule has 1 heterocycles. The number of halogens is 3. The molecule has 0 bridgehead atoms. The standard InChI is InChI=1S/C3H2Br2ClN3/c4-2-7-3(5)9(1-6)8-2/h1H2. The van der Waals surface area contributed by atoms with E-state index in [-0.39, 0.29) is 0 Å². The van der Waals surface area contributed by atoms with Gasteiger partial charge in [-0.05, 0) is 31.9 Å². The minimum atomic E-state index is 0.305. The first kappa shape index (κ1) is 7.50. The average molecular weight is 275 g/mol. The van der Waals surface area contributed by atoms with Gasteiger partial charge < -0.3 is 0 Å². The van der Waals surface area contributed by atoms with Gasteiger partial charge in [0.2, 0.25) is 4.73 Å². The van der Waals surface area contributed by atoms with Gasteiger partial charge in [0, 0.05) is 0 Å². The molecule has 0 aliphatic heterocycles. The van der Waals surface area contributed by atoms with E-state index < -0.39 is 0 Å². The molecule has 0 saturated heterocycles. The summed E-state index contributed by atoms with van der Waals surface area (Å²) in [4.78, 5) is 3.88. The molecule has 0 radical (unpaired) electrons. The van der Waals surface area contributed by atoms with Crippen molar-refractivity contribution in [1.29, 1.82) is 0 Å². The highest BCUT2D eigenvalue weighted by Crippen LogP contribution is 2.10. The summed E-state index contributed by atoms with van der Waals surface area (Å²) >= 11 is 11.7. The lowest BCUT2D eigenvalue weighted by Crippen LogP contribution is -1.93. The van der Waals surface area contributed by atoms with E-state index in [0.29, 0.717) is 15.5 Å². The number of rotatable bonds is 1. The maximum Gasteiger partial charge on any atom is 0.218 e. The Labute approximate surface area is 73.7 Å². The molecule has 0 aliphatic carbocycles. The Balaban J connectivity index is 3.01. The van der Waals surface area contributed by atoms with Crippen molar-refractivity contribution >= 4 is 43.5 Å². The molecule has 0 aliphatic rings. The van der Waals surface area contributed by atoms with Gasteiger partial charge in [-0.3, -0.25) is 0 Å². The average Bonchev–Trinajstić information content (AvgIpc) is 2.10. The molecule has 0 spiro atoms. The molecule has 3 nitrogen and oxygen atoms in total. The highest BCUT2D eigenvalue weighted by atomic mass is 79.9. The fourth-order valence-corrected chi connectivity index (χ4v) is 1.65. The summed E-state index contributed by atoms with van der Waals surface area (Å²) in [6, 6.07) is 0.305. The van der Waals surface area contributed by atoms with Gasteiger partial charge in [0.25, 0.3) is 0 Å². The molecule has 0 N–H and O–H groups in total. The summed E-state index contributed by atoms with van der Waals surface area (Å²) in [6.45, 7) is 0. The van der Waals surface area contributed by atoms with Crippen LogP contribution in [0.1, 0.15) is 0 Å². The number of nitrogens with zero attached hydrogens (tertiary/aromatic N) is 3. The van der Waals surface area contributed by atoms with Crippen molar-refractivity contribution in [2.24, 2.45) is 0 Å². The molecular formula is C3H2Br2ClN3. The van der Waals surface area contributed by atoms with Crippen molar-refractivity contribution in [1.82, 2.24) is 14.8 Å². The van der Waals surface area contributed by atoms with Gasteiger partial charge in [0.05, 0.1) is 0 Å². The summed E-state index contributed by atoms with van der Waals surface area (Å²) in [6.07, 6.45) is 0. The summed E-state index contributed by atoms with van der Waals surface area (Å²) in [7, 11) is 0. The van der Waals surface area contributed by atoms with Crippen LogP contribution in [0.3, 0.4) is 0 Å². The van der Waals surface area contributed by atoms with E-state index >= 15 is 0 Å². The van der Waals surface area contributed by atoms with Gasteiger partial charge in [-0.1, -0.05) is 0 Å². The molecule has 1 aromatic rings. The summed E-state index contributed by atoms with van der Waals surface area (Å²) < 4.78 is 2.69. The lowest BCUT2D eigenvalue weighted by molar-refractivity contribution is 0.718. The van der Waals surface area contributed by atoms with Crippen molar-refractivity contribution in [3.8, 4) is 0 Å². The number of alkyl halides is 1. The van der Waals surface area contributed by atoms with E-state index in [0.717, 1.165) is 0 Å². The summed E-state index contributed by atoms with van der Waals surface area (Å²) in [5.74, 6) is 0. The third kappa shape index (κ3) is 1.65. The van der Waals surface area contributed by atoms with Gasteiger partial charge >= 0.3 is 0 Å². The minimum absolute atomic E-state index is 0.305. The van der Waals surface area contributed by atoms with Crippen LogP contribution in [0.4, 0.5) is 0 Å². The quantitative estimate of drug-likeness (QED) is 0.734. The maximum atomic E-state index is 5.46. The molecule has 0 amide bonds. The molecule has 0 fully saturated rings.